The fraction of sp³-hybridized carbons (Fsp3) is 0.609. The Morgan fingerprint density at radius 3 is 1.05 bits per heavy atom. The smallest absolute Gasteiger partial charge is 0.271 e. The van der Waals surface area contributed by atoms with Crippen LogP contribution in [-0.4, -0.2) is 112 Å². The lowest BCUT2D eigenvalue weighted by molar-refractivity contribution is 0.0927. The van der Waals surface area contributed by atoms with Crippen LogP contribution in [0, 0.1) is 0 Å². The minimum Gasteiger partial charge on any atom is -0.487 e. The fourth-order valence-electron chi connectivity index (χ4n) is 7.18. The maximum Gasteiger partial charge on any atom is 0.271 e. The van der Waals surface area contributed by atoms with E-state index in [1.807, 2.05) is 20.8 Å². The first kappa shape index (κ1) is 53.8. The fourth-order valence-corrected chi connectivity index (χ4v) is 7.18. The molecule has 0 atom stereocenters. The summed E-state index contributed by atoms with van der Waals surface area (Å²) in [7, 11) is 0. The zero-order valence-electron chi connectivity index (χ0n) is 38.4. The van der Waals surface area contributed by atoms with Crippen LogP contribution in [0.25, 0.3) is 0 Å². The Labute approximate surface area is 380 Å². The van der Waals surface area contributed by atoms with Gasteiger partial charge < -0.3 is 64.9 Å². The van der Waals surface area contributed by atoms with E-state index in [0.29, 0.717) is 57.8 Å². The lowest BCUT2D eigenvalue weighted by atomic mass is 9.84. The molecule has 65 heavy (non-hydrogen) atoms. The molecule has 3 aromatic rings. The van der Waals surface area contributed by atoms with Gasteiger partial charge in [0.1, 0.15) is 0 Å². The third-order valence-electron chi connectivity index (χ3n) is 10.7. The summed E-state index contributed by atoms with van der Waals surface area (Å²) in [5.74, 6) is -1.91. The van der Waals surface area contributed by atoms with Crippen molar-refractivity contribution < 1.29 is 43.9 Å². The number of rotatable bonds is 33. The predicted octanol–water partition coefficient (Wildman–Crippen LogP) is 2.31. The highest BCUT2D eigenvalue weighted by atomic mass is 16.5. The van der Waals surface area contributed by atoms with E-state index >= 15 is 0 Å². The van der Waals surface area contributed by atoms with E-state index in [4.69, 9.17) is 19.9 Å². The Kier molecular flexibility index (Phi) is 24.1. The number of hydrogen-bond donors (Lipinski definition) is 7. The summed E-state index contributed by atoms with van der Waals surface area (Å²) in [6.45, 7) is 6.60. The summed E-state index contributed by atoms with van der Waals surface area (Å²) >= 11 is 0. The number of unbranched alkanes of at least 4 members (excludes halogenated alkanes) is 3. The zero-order valence-corrected chi connectivity index (χ0v) is 38.4. The van der Waals surface area contributed by atoms with Crippen LogP contribution >= 0.6 is 0 Å². The van der Waals surface area contributed by atoms with Gasteiger partial charge in [0.15, 0.2) is 34.3 Å². The molecule has 0 aliphatic rings. The van der Waals surface area contributed by atoms with Gasteiger partial charge in [-0.05, 0) is 57.8 Å². The summed E-state index contributed by atoms with van der Waals surface area (Å²) in [6, 6.07) is 3.89. The van der Waals surface area contributed by atoms with Crippen LogP contribution in [0.1, 0.15) is 129 Å². The minimum atomic E-state index is -0.860. The van der Waals surface area contributed by atoms with E-state index in [-0.39, 0.29) is 113 Å². The molecule has 8 N–H and O–H groups in total. The first-order valence-electron chi connectivity index (χ1n) is 22.9. The Morgan fingerprint density at radius 2 is 0.800 bits per heavy atom. The van der Waals surface area contributed by atoms with Crippen molar-refractivity contribution in [1.29, 1.82) is 0 Å². The van der Waals surface area contributed by atoms with Gasteiger partial charge in [0.05, 0.1) is 39.6 Å². The number of nitrogens with two attached hydrogens (primary N) is 1. The molecule has 0 aromatic carbocycles. The number of ether oxygens (including phenoxy) is 3. The van der Waals surface area contributed by atoms with Crippen LogP contribution in [0.15, 0.2) is 51.2 Å². The summed E-state index contributed by atoms with van der Waals surface area (Å²) in [5, 5.41) is 37.6. The second-order valence-corrected chi connectivity index (χ2v) is 15.9. The highest BCUT2D eigenvalue weighted by Crippen LogP contribution is 2.23. The minimum absolute atomic E-state index is 0.0108. The highest BCUT2D eigenvalue weighted by Gasteiger charge is 2.27. The number of nitrogens with one attached hydrogen (secondary N) is 3. The van der Waals surface area contributed by atoms with Gasteiger partial charge in [-0.25, -0.2) is 0 Å². The summed E-state index contributed by atoms with van der Waals surface area (Å²) in [5.41, 5.74) is 4.91. The molecule has 19 nitrogen and oxygen atoms in total. The molecule has 3 rings (SSSR count). The molecule has 0 bridgehead atoms. The number of aliphatic hydroxyl groups is 3. The molecule has 3 heterocycles. The van der Waals surface area contributed by atoms with Gasteiger partial charge in [-0.1, -0.05) is 40.0 Å². The topological polar surface area (TPSA) is 268 Å². The van der Waals surface area contributed by atoms with Gasteiger partial charge in [-0.2, -0.15) is 0 Å². The van der Waals surface area contributed by atoms with Crippen LogP contribution in [-0.2, 0) is 19.6 Å². The Hall–Kier alpha value is -5.50. The zero-order chi connectivity index (χ0) is 47.6. The third kappa shape index (κ3) is 16.8. The molecule has 0 aliphatic heterocycles. The number of aromatic nitrogens is 3. The molecule has 362 valence electrons. The molecular weight excluding hydrogens is 843 g/mol. The second-order valence-electron chi connectivity index (χ2n) is 15.9. The molecule has 19 heteroatoms. The quantitative estimate of drug-likeness (QED) is 0.0433. The van der Waals surface area contributed by atoms with Gasteiger partial charge in [0.2, 0.25) is 16.3 Å². The summed E-state index contributed by atoms with van der Waals surface area (Å²) in [6.07, 6.45) is 11.3. The number of pyridine rings is 3. The van der Waals surface area contributed by atoms with E-state index < -0.39 is 39.5 Å². The van der Waals surface area contributed by atoms with Crippen LogP contribution in [0.4, 0.5) is 0 Å². The maximum atomic E-state index is 13.6. The molecule has 0 fully saturated rings. The first-order chi connectivity index (χ1) is 31.4. The SMILES string of the molecule is CCCCOc1c(C(=O)NCCCC(N)(CCCNC(=O)c2c(OCCCC)c(=O)ccn2CCO)CCCNC(=O)c2c(OCCCC)c(=O)ccn2CCO)n(CCO)ccc1=O. The molecule has 0 aliphatic carbocycles. The molecule has 0 unspecified atom stereocenters. The van der Waals surface area contributed by atoms with E-state index in [1.165, 1.54) is 50.5 Å². The van der Waals surface area contributed by atoms with E-state index in [1.54, 1.807) is 0 Å². The number of nitrogens with zero attached hydrogens (tertiary/aromatic N) is 3. The molecule has 0 spiro atoms. The number of amides is 3. The van der Waals surface area contributed by atoms with Gasteiger partial charge in [0, 0.05) is 81.6 Å². The Balaban J connectivity index is 1.78. The predicted molar refractivity (Wildman–Crippen MR) is 246 cm³/mol. The van der Waals surface area contributed by atoms with E-state index in [0.717, 1.165) is 19.3 Å². The lowest BCUT2D eigenvalue weighted by Crippen LogP contribution is -2.42. The lowest BCUT2D eigenvalue weighted by Gasteiger charge is -2.30. The third-order valence-corrected chi connectivity index (χ3v) is 10.7. The monoisotopic (exact) mass is 914 g/mol. The van der Waals surface area contributed by atoms with Crippen molar-refractivity contribution in [3.63, 3.8) is 0 Å². The van der Waals surface area contributed by atoms with Crippen LogP contribution in [0.3, 0.4) is 0 Å². The van der Waals surface area contributed by atoms with E-state index in [9.17, 15) is 44.1 Å². The molecule has 3 aromatic heterocycles. The number of aliphatic hydroxyl groups excluding tert-OH is 3. The van der Waals surface area contributed by atoms with Gasteiger partial charge in [0.25, 0.3) is 17.7 Å². The van der Waals surface area contributed by atoms with E-state index in [2.05, 4.69) is 16.0 Å². The summed E-state index contributed by atoms with van der Waals surface area (Å²) in [4.78, 5) is 79.2. The molecule has 0 saturated carbocycles. The van der Waals surface area contributed by atoms with Crippen molar-refractivity contribution in [2.45, 2.75) is 123 Å². The molecule has 3 amide bonds. The number of hydrogen-bond acceptors (Lipinski definition) is 13. The average Bonchev–Trinajstić information content (AvgIpc) is 3.28. The highest BCUT2D eigenvalue weighted by molar-refractivity contribution is 5.96. The molecular formula is C46H71N7O12. The van der Waals surface area contributed by atoms with Gasteiger partial charge >= 0.3 is 0 Å². The van der Waals surface area contributed by atoms with Gasteiger partial charge in [-0.3, -0.25) is 28.8 Å². The van der Waals surface area contributed by atoms with Crippen molar-refractivity contribution >= 4 is 17.7 Å². The van der Waals surface area contributed by atoms with Crippen molar-refractivity contribution in [3.8, 4) is 17.2 Å². The van der Waals surface area contributed by atoms with Crippen molar-refractivity contribution in [2.24, 2.45) is 5.73 Å². The van der Waals surface area contributed by atoms with Crippen molar-refractivity contribution in [3.05, 3.63) is 84.5 Å². The first-order valence-corrected chi connectivity index (χ1v) is 22.9. The van der Waals surface area contributed by atoms with Crippen molar-refractivity contribution in [1.82, 2.24) is 29.7 Å². The maximum absolute atomic E-state index is 13.6. The summed E-state index contributed by atoms with van der Waals surface area (Å²) < 4.78 is 21.7. The van der Waals surface area contributed by atoms with Crippen LogP contribution in [0.5, 0.6) is 17.2 Å². The second kappa shape index (κ2) is 29.1. The number of carbonyl (C=O) groups is 3. The Bertz CT molecular complexity index is 1900. The molecule has 0 saturated heterocycles. The van der Waals surface area contributed by atoms with Crippen LogP contribution < -0.4 is 52.2 Å². The number of carbonyl (C=O) groups excluding carboxylic acids is 3. The normalized spacial score (nSPS) is 11.3. The largest absolute Gasteiger partial charge is 0.487 e. The Morgan fingerprint density at radius 1 is 0.523 bits per heavy atom. The average molecular weight is 914 g/mol. The van der Waals surface area contributed by atoms with Gasteiger partial charge in [-0.15, -0.1) is 0 Å². The van der Waals surface area contributed by atoms with Crippen molar-refractivity contribution in [2.75, 3.05) is 59.3 Å². The standard InChI is InChI=1S/C46H71N7O12/c1-4-7-31-63-40-34(57)13-22-51(25-28-54)37(40)43(60)48-19-10-16-46(47,17-11-20-49-44(61)38-41(64-32-8-5-2)35(58)14-23-52(38)26-29-55)18-12-21-50-45(62)39-42(65-33-9-6-3)36(59)15-24-53(39)27-30-56/h13-15,22-24,54-56H,4-12,16-21,25-33,47H2,1-3H3,(H,48,60)(H,49,61)(H,50,62). The molecule has 0 radical (unpaired) electrons. The van der Waals surface area contributed by atoms with Crippen LogP contribution in [0.2, 0.25) is 0 Å².